The van der Waals surface area contributed by atoms with Crippen LogP contribution in [0.5, 0.6) is 0 Å². The summed E-state index contributed by atoms with van der Waals surface area (Å²) in [4.78, 5) is 16.6. The fourth-order valence-corrected chi connectivity index (χ4v) is 3.42. The molecule has 2 rings (SSSR count). The molecule has 0 aromatic heterocycles. The van der Waals surface area contributed by atoms with E-state index in [0.717, 1.165) is 38.9 Å². The van der Waals surface area contributed by atoms with Gasteiger partial charge in [0.2, 0.25) is 0 Å². The molecule has 0 spiro atoms. The summed E-state index contributed by atoms with van der Waals surface area (Å²) in [5.41, 5.74) is -0.800. The maximum absolute atomic E-state index is 11.7. The van der Waals surface area contributed by atoms with Gasteiger partial charge in [-0.1, -0.05) is 6.92 Å². The number of piperazine rings is 1. The van der Waals surface area contributed by atoms with E-state index >= 15 is 0 Å². The van der Waals surface area contributed by atoms with Gasteiger partial charge in [-0.25, -0.2) is 0 Å². The molecule has 1 heterocycles. The van der Waals surface area contributed by atoms with Gasteiger partial charge >= 0.3 is 5.97 Å². The molecule has 2 N–H and O–H groups in total. The quantitative estimate of drug-likeness (QED) is 0.744. The van der Waals surface area contributed by atoms with Gasteiger partial charge < -0.3 is 10.0 Å². The van der Waals surface area contributed by atoms with Crippen molar-refractivity contribution >= 4 is 5.97 Å². The lowest BCUT2D eigenvalue weighted by atomic mass is 9.92. The number of hydrogen-bond donors (Lipinski definition) is 2. The molecule has 1 saturated carbocycles. The smallest absolute Gasteiger partial charge is 0.323 e. The Labute approximate surface area is 128 Å². The predicted octanol–water partition coefficient (Wildman–Crippen LogP) is 1.39. The number of nitrogens with zero attached hydrogens (tertiary/aromatic N) is 2. The number of aliphatic carboxylic acids is 1. The third-order valence-electron chi connectivity index (χ3n) is 5.18. The maximum atomic E-state index is 11.7. The number of carboxylic acid groups (broad SMARTS) is 1. The Morgan fingerprint density at radius 2 is 2.10 bits per heavy atom. The van der Waals surface area contributed by atoms with Crippen molar-refractivity contribution in [2.75, 3.05) is 26.7 Å². The van der Waals surface area contributed by atoms with Crippen molar-refractivity contribution in [3.05, 3.63) is 0 Å². The molecule has 122 valence electrons. The number of nitrogens with one attached hydrogen (secondary N) is 1. The number of carboxylic acids is 1. The van der Waals surface area contributed by atoms with Crippen LogP contribution in [0.4, 0.5) is 0 Å². The van der Waals surface area contributed by atoms with Gasteiger partial charge in [-0.15, -0.1) is 0 Å². The van der Waals surface area contributed by atoms with Crippen LogP contribution in [0.15, 0.2) is 0 Å². The molecule has 21 heavy (non-hydrogen) atoms. The van der Waals surface area contributed by atoms with E-state index in [1.807, 2.05) is 6.92 Å². The van der Waals surface area contributed by atoms with Crippen molar-refractivity contribution in [2.45, 2.75) is 70.1 Å². The van der Waals surface area contributed by atoms with Crippen LogP contribution in [0.1, 0.15) is 46.5 Å². The van der Waals surface area contributed by atoms with Crippen LogP contribution in [0.2, 0.25) is 0 Å². The molecule has 0 amide bonds. The number of rotatable bonds is 7. The molecule has 0 radical (unpaired) electrons. The molecule has 1 aliphatic heterocycles. The van der Waals surface area contributed by atoms with E-state index in [2.05, 4.69) is 36.0 Å². The highest BCUT2D eigenvalue weighted by molar-refractivity contribution is 5.78. The minimum absolute atomic E-state index is 0.292. The highest BCUT2D eigenvalue weighted by Crippen LogP contribution is 2.26. The zero-order valence-electron chi connectivity index (χ0n) is 13.9. The van der Waals surface area contributed by atoms with Gasteiger partial charge in [0.05, 0.1) is 0 Å². The minimum Gasteiger partial charge on any atom is -0.480 e. The van der Waals surface area contributed by atoms with E-state index in [-0.39, 0.29) is 0 Å². The molecule has 0 aromatic carbocycles. The second kappa shape index (κ2) is 6.63. The second-order valence-corrected chi connectivity index (χ2v) is 7.15. The first kappa shape index (κ1) is 16.7. The number of likely N-dealkylation sites (N-methyl/N-ethyl adjacent to an activating group) is 1. The fraction of sp³-hybridized carbons (Fsp3) is 0.938. The van der Waals surface area contributed by atoms with Crippen LogP contribution in [-0.4, -0.2) is 71.2 Å². The Hall–Kier alpha value is -0.650. The summed E-state index contributed by atoms with van der Waals surface area (Å²) in [7, 11) is 2.19. The average molecular weight is 297 g/mol. The summed E-state index contributed by atoms with van der Waals surface area (Å²) in [5.74, 6) is -0.720. The minimum atomic E-state index is -0.800. The zero-order chi connectivity index (χ0) is 15.6. The molecule has 5 nitrogen and oxygen atoms in total. The maximum Gasteiger partial charge on any atom is 0.323 e. The van der Waals surface area contributed by atoms with Crippen LogP contribution < -0.4 is 5.32 Å². The molecule has 1 saturated heterocycles. The third-order valence-corrected chi connectivity index (χ3v) is 5.18. The van der Waals surface area contributed by atoms with Crippen LogP contribution in [0, 0.1) is 0 Å². The SMILES string of the molecule is CCC1CN(C(C)CC(C)(NC2CC2)C(=O)O)CCN1C. The first-order chi connectivity index (χ1) is 9.85. The Bertz CT molecular complexity index is 373. The molecule has 2 aliphatic rings. The van der Waals surface area contributed by atoms with Crippen molar-refractivity contribution in [2.24, 2.45) is 0 Å². The average Bonchev–Trinajstić information content (AvgIpc) is 3.22. The standard InChI is InChI=1S/C16H31N3O2/c1-5-14-11-19(9-8-18(14)4)12(2)10-16(3,15(20)21)17-13-6-7-13/h12-14,17H,5-11H2,1-4H3,(H,20,21). The first-order valence-electron chi connectivity index (χ1n) is 8.31. The van der Waals surface area contributed by atoms with Gasteiger partial charge in [-0.05, 0) is 46.6 Å². The molecule has 3 atom stereocenters. The number of hydrogen-bond acceptors (Lipinski definition) is 4. The van der Waals surface area contributed by atoms with Crippen molar-refractivity contribution in [1.82, 2.24) is 15.1 Å². The third kappa shape index (κ3) is 4.18. The van der Waals surface area contributed by atoms with E-state index in [0.29, 0.717) is 24.5 Å². The van der Waals surface area contributed by atoms with Gasteiger partial charge in [-0.2, -0.15) is 0 Å². The summed E-state index contributed by atoms with van der Waals surface area (Å²) < 4.78 is 0. The summed E-state index contributed by atoms with van der Waals surface area (Å²) in [6.45, 7) is 9.40. The molecule has 2 fully saturated rings. The molecule has 1 aliphatic carbocycles. The van der Waals surface area contributed by atoms with Gasteiger partial charge in [0.1, 0.15) is 5.54 Å². The van der Waals surface area contributed by atoms with Crippen molar-refractivity contribution in [3.63, 3.8) is 0 Å². The first-order valence-corrected chi connectivity index (χ1v) is 8.31. The Morgan fingerprint density at radius 3 is 2.62 bits per heavy atom. The van der Waals surface area contributed by atoms with Gasteiger partial charge in [0, 0.05) is 37.8 Å². The highest BCUT2D eigenvalue weighted by atomic mass is 16.4. The predicted molar refractivity (Wildman–Crippen MR) is 84.6 cm³/mol. The monoisotopic (exact) mass is 297 g/mol. The van der Waals surface area contributed by atoms with E-state index in [1.165, 1.54) is 0 Å². The molecule has 3 unspecified atom stereocenters. The van der Waals surface area contributed by atoms with Gasteiger partial charge in [0.25, 0.3) is 0 Å². The van der Waals surface area contributed by atoms with Crippen molar-refractivity contribution in [1.29, 1.82) is 0 Å². The molecular formula is C16H31N3O2. The van der Waals surface area contributed by atoms with E-state index in [4.69, 9.17) is 0 Å². The summed E-state index contributed by atoms with van der Waals surface area (Å²) >= 11 is 0. The topological polar surface area (TPSA) is 55.8 Å². The summed E-state index contributed by atoms with van der Waals surface area (Å²) in [6.07, 6.45) is 4.04. The summed E-state index contributed by atoms with van der Waals surface area (Å²) in [6, 6.07) is 1.29. The largest absolute Gasteiger partial charge is 0.480 e. The van der Waals surface area contributed by atoms with E-state index < -0.39 is 11.5 Å². The lowest BCUT2D eigenvalue weighted by Crippen LogP contribution is -2.58. The molecule has 0 aromatic rings. The normalized spacial score (nSPS) is 29.0. The lowest BCUT2D eigenvalue weighted by Gasteiger charge is -2.43. The number of carbonyl (C=O) groups is 1. The van der Waals surface area contributed by atoms with Crippen LogP contribution in [0.3, 0.4) is 0 Å². The van der Waals surface area contributed by atoms with Crippen molar-refractivity contribution in [3.8, 4) is 0 Å². The summed E-state index contributed by atoms with van der Waals surface area (Å²) in [5, 5.41) is 12.9. The molecular weight excluding hydrogens is 266 g/mol. The van der Waals surface area contributed by atoms with Crippen LogP contribution >= 0.6 is 0 Å². The lowest BCUT2D eigenvalue weighted by molar-refractivity contribution is -0.145. The van der Waals surface area contributed by atoms with Gasteiger partial charge in [0.15, 0.2) is 0 Å². The van der Waals surface area contributed by atoms with E-state index in [1.54, 1.807) is 0 Å². The molecule has 0 bridgehead atoms. The fourth-order valence-electron chi connectivity index (χ4n) is 3.42. The zero-order valence-corrected chi connectivity index (χ0v) is 13.9. The highest BCUT2D eigenvalue weighted by Gasteiger charge is 2.41. The van der Waals surface area contributed by atoms with Crippen LogP contribution in [0.25, 0.3) is 0 Å². The van der Waals surface area contributed by atoms with Gasteiger partial charge in [-0.3, -0.25) is 15.0 Å². The van der Waals surface area contributed by atoms with Crippen molar-refractivity contribution < 1.29 is 9.90 Å². The Kier molecular flexibility index (Phi) is 5.28. The Morgan fingerprint density at radius 1 is 1.43 bits per heavy atom. The molecule has 5 heteroatoms. The van der Waals surface area contributed by atoms with E-state index in [9.17, 15) is 9.90 Å². The Balaban J connectivity index is 1.94. The van der Waals surface area contributed by atoms with Crippen LogP contribution in [-0.2, 0) is 4.79 Å². The second-order valence-electron chi connectivity index (χ2n) is 7.15.